The van der Waals surface area contributed by atoms with Crippen molar-refractivity contribution < 1.29 is 46.1 Å². The van der Waals surface area contributed by atoms with Crippen LogP contribution in [0.4, 0.5) is 0 Å². The topological polar surface area (TPSA) is 0 Å². The van der Waals surface area contributed by atoms with E-state index >= 15 is 0 Å². The summed E-state index contributed by atoms with van der Waals surface area (Å²) in [5.74, 6) is 0. The maximum atomic E-state index is 2.54. The standard InChI is InChI=1S/C13H9.C13H10.C7H9.2ClH.Zr/c1-3-7-12-10(5-1)9-11-6-2-4-8-13(11)12;1-3-7-12(8-4-1)11-13-9-5-2-6-10-13;1-6-4-3-5-7(6)2;;;/h1-5,7-8H,9H2;1-10H;4H,5H2,1-2H3;2*1H;/q;;;;;+2/p-2. The van der Waals surface area contributed by atoms with E-state index in [9.17, 15) is 0 Å². The Hall–Kier alpha value is -2.31. The first-order chi connectivity index (χ1) is 16.7. The molecule has 0 aliphatic heterocycles. The van der Waals surface area contributed by atoms with Crippen molar-refractivity contribution in [1.29, 1.82) is 0 Å². The zero-order valence-corrected chi connectivity index (χ0v) is 24.5. The van der Waals surface area contributed by atoms with Gasteiger partial charge in [0.25, 0.3) is 0 Å². The minimum absolute atomic E-state index is 0. The number of benzene rings is 4. The SMILES string of the molecule is CC1=C(C)C[C]([Zr+2](=[C](c2ccccc2)c2ccccc2)[c]2cccc3c2Cc2ccccc2-3)=C1.[Cl-].[Cl-]. The fourth-order valence-electron chi connectivity index (χ4n) is 5.55. The van der Waals surface area contributed by atoms with Gasteiger partial charge in [0.1, 0.15) is 0 Å². The van der Waals surface area contributed by atoms with Gasteiger partial charge in [0.2, 0.25) is 0 Å². The normalized spacial score (nSPS) is 13.0. The third-order valence-electron chi connectivity index (χ3n) is 7.34. The Morgan fingerprint density at radius 1 is 0.611 bits per heavy atom. The maximum Gasteiger partial charge on any atom is -1.00 e. The molecule has 3 heteroatoms. The first-order valence-electron chi connectivity index (χ1n) is 12.1. The van der Waals surface area contributed by atoms with Crippen LogP contribution in [-0.2, 0) is 27.7 Å². The molecule has 0 saturated heterocycles. The van der Waals surface area contributed by atoms with Crippen LogP contribution in [0.3, 0.4) is 0 Å². The second kappa shape index (κ2) is 11.4. The summed E-state index contributed by atoms with van der Waals surface area (Å²) in [5, 5.41) is 0. The van der Waals surface area contributed by atoms with Gasteiger partial charge in [-0.2, -0.15) is 0 Å². The van der Waals surface area contributed by atoms with Crippen LogP contribution in [0, 0.1) is 0 Å². The third kappa shape index (κ3) is 4.82. The van der Waals surface area contributed by atoms with E-state index in [1.54, 1.807) is 15.3 Å². The van der Waals surface area contributed by atoms with Crippen molar-refractivity contribution in [2.75, 3.05) is 0 Å². The van der Waals surface area contributed by atoms with Crippen molar-refractivity contribution in [2.45, 2.75) is 26.7 Å². The van der Waals surface area contributed by atoms with E-state index in [4.69, 9.17) is 0 Å². The average Bonchev–Trinajstić information content (AvgIpc) is 3.43. The average molecular weight is 587 g/mol. The Morgan fingerprint density at radius 3 is 1.81 bits per heavy atom. The van der Waals surface area contributed by atoms with Gasteiger partial charge in [0.15, 0.2) is 0 Å². The summed E-state index contributed by atoms with van der Waals surface area (Å²) in [6.07, 6.45) is 4.72. The number of rotatable bonds is 4. The Labute approximate surface area is 234 Å². The molecule has 0 unspecified atom stereocenters. The van der Waals surface area contributed by atoms with Gasteiger partial charge in [0, 0.05) is 0 Å². The molecule has 0 bridgehead atoms. The zero-order valence-electron chi connectivity index (χ0n) is 20.6. The molecule has 0 heterocycles. The monoisotopic (exact) mass is 584 g/mol. The summed E-state index contributed by atoms with van der Waals surface area (Å²) in [6, 6.07) is 38.5. The van der Waals surface area contributed by atoms with Crippen molar-refractivity contribution in [1.82, 2.24) is 0 Å². The minimum Gasteiger partial charge on any atom is -1.00 e. The minimum atomic E-state index is -2.54. The van der Waals surface area contributed by atoms with Crippen molar-refractivity contribution in [3.05, 3.63) is 146 Å². The summed E-state index contributed by atoms with van der Waals surface area (Å²) in [7, 11) is 0. The number of hydrogen-bond acceptors (Lipinski definition) is 0. The van der Waals surface area contributed by atoms with E-state index < -0.39 is 21.3 Å². The Kier molecular flexibility index (Phi) is 8.46. The largest absolute Gasteiger partial charge is 1.00 e. The molecule has 2 aliphatic carbocycles. The Bertz CT molecular complexity index is 1450. The predicted octanol–water partition coefficient (Wildman–Crippen LogP) is 1.40. The Morgan fingerprint density at radius 2 is 1.19 bits per heavy atom. The number of halogens is 2. The molecule has 0 spiro atoms. The second-order valence-corrected chi connectivity index (χ2v) is 15.4. The van der Waals surface area contributed by atoms with Gasteiger partial charge < -0.3 is 24.8 Å². The fourth-order valence-corrected chi connectivity index (χ4v) is 14.0. The van der Waals surface area contributed by atoms with E-state index in [-0.39, 0.29) is 24.8 Å². The van der Waals surface area contributed by atoms with E-state index in [1.807, 2.05) is 0 Å². The summed E-state index contributed by atoms with van der Waals surface area (Å²) >= 11 is -2.54. The Balaban J connectivity index is 0.00000152. The molecule has 4 aromatic rings. The molecule has 0 nitrogen and oxygen atoms in total. The second-order valence-electron chi connectivity index (χ2n) is 9.46. The molecule has 36 heavy (non-hydrogen) atoms. The summed E-state index contributed by atoms with van der Waals surface area (Å²) in [5.41, 5.74) is 11.7. The molecule has 0 fully saturated rings. The van der Waals surface area contributed by atoms with E-state index in [0.29, 0.717) is 0 Å². The first kappa shape index (κ1) is 26.7. The van der Waals surface area contributed by atoms with Gasteiger partial charge in [-0.05, 0) is 0 Å². The van der Waals surface area contributed by atoms with Crippen molar-refractivity contribution in [3.63, 3.8) is 0 Å². The van der Waals surface area contributed by atoms with Crippen molar-refractivity contribution >= 4 is 6.48 Å². The van der Waals surface area contributed by atoms with Crippen LogP contribution in [0.15, 0.2) is 124 Å². The molecule has 0 atom stereocenters. The van der Waals surface area contributed by atoms with Crippen LogP contribution in [-0.4, -0.2) is 3.21 Å². The fraction of sp³-hybridized carbons (Fsp3) is 0.121. The number of hydrogen-bond donors (Lipinski definition) is 0. The molecule has 0 amide bonds. The van der Waals surface area contributed by atoms with E-state index in [2.05, 4.69) is 123 Å². The smallest absolute Gasteiger partial charge is 1.00 e. The van der Waals surface area contributed by atoms with Crippen LogP contribution in [0.5, 0.6) is 0 Å². The molecule has 2 aliphatic rings. The molecule has 0 saturated carbocycles. The molecule has 4 aromatic carbocycles. The molecular weight excluding hydrogens is 558 g/mol. The van der Waals surface area contributed by atoms with Crippen LogP contribution in [0.1, 0.15) is 42.5 Å². The van der Waals surface area contributed by atoms with Crippen molar-refractivity contribution in [2.24, 2.45) is 0 Å². The van der Waals surface area contributed by atoms with Gasteiger partial charge in [-0.15, -0.1) is 0 Å². The summed E-state index contributed by atoms with van der Waals surface area (Å²) in [4.78, 5) is 0. The quantitative estimate of drug-likeness (QED) is 0.299. The zero-order chi connectivity index (χ0) is 23.1. The third-order valence-corrected chi connectivity index (χ3v) is 14.8. The van der Waals surface area contributed by atoms with Crippen molar-refractivity contribution in [3.8, 4) is 11.1 Å². The summed E-state index contributed by atoms with van der Waals surface area (Å²) < 4.78 is 4.94. The van der Waals surface area contributed by atoms with Gasteiger partial charge in [-0.1, -0.05) is 0 Å². The predicted molar refractivity (Wildman–Crippen MR) is 141 cm³/mol. The molecular formula is C33H28Cl2Zr. The van der Waals surface area contributed by atoms with Crippen LogP contribution >= 0.6 is 0 Å². The van der Waals surface area contributed by atoms with Gasteiger partial charge in [-0.25, -0.2) is 0 Å². The van der Waals surface area contributed by atoms with Gasteiger partial charge in [-0.3, -0.25) is 0 Å². The first-order valence-corrected chi connectivity index (χ1v) is 15.8. The van der Waals surface area contributed by atoms with Gasteiger partial charge >= 0.3 is 211 Å². The van der Waals surface area contributed by atoms with Gasteiger partial charge in [0.05, 0.1) is 0 Å². The van der Waals surface area contributed by atoms with E-state index in [0.717, 1.165) is 12.8 Å². The molecule has 6 rings (SSSR count). The molecule has 178 valence electrons. The van der Waals surface area contributed by atoms with E-state index in [1.165, 1.54) is 39.0 Å². The van der Waals surface area contributed by atoms with Crippen LogP contribution < -0.4 is 28.1 Å². The number of fused-ring (bicyclic) bond motifs is 3. The summed E-state index contributed by atoms with van der Waals surface area (Å²) in [6.45, 7) is 4.61. The maximum absolute atomic E-state index is 2.54. The van der Waals surface area contributed by atoms with Crippen LogP contribution in [0.2, 0.25) is 0 Å². The number of allylic oxidation sites excluding steroid dienone is 4. The molecule has 0 N–H and O–H groups in total. The van der Waals surface area contributed by atoms with Crippen LogP contribution in [0.25, 0.3) is 11.1 Å². The molecule has 0 aromatic heterocycles. The molecule has 0 radical (unpaired) electrons.